The molecule has 6 heteroatoms. The second-order valence-corrected chi connectivity index (χ2v) is 3.27. The van der Waals surface area contributed by atoms with Crippen molar-refractivity contribution in [1.29, 1.82) is 0 Å². The van der Waals surface area contributed by atoms with Gasteiger partial charge in [-0.1, -0.05) is 0 Å². The van der Waals surface area contributed by atoms with Crippen LogP contribution in [0.25, 0.3) is 0 Å². The summed E-state index contributed by atoms with van der Waals surface area (Å²) in [6.07, 6.45) is -0.407. The third kappa shape index (κ3) is 1.91. The minimum Gasteiger partial charge on any atom is -0.481 e. The Bertz CT molecular complexity index is 213. The fraction of sp³-hybridized carbons (Fsp3) is 0.857. The van der Waals surface area contributed by atoms with Crippen LogP contribution in [0.15, 0.2) is 0 Å². The summed E-state index contributed by atoms with van der Waals surface area (Å²) in [7, 11) is 0. The lowest BCUT2D eigenvalue weighted by Gasteiger charge is -2.37. The van der Waals surface area contributed by atoms with Crippen molar-refractivity contribution < 1.29 is 18.7 Å². The van der Waals surface area contributed by atoms with Crippen molar-refractivity contribution in [2.75, 3.05) is 13.1 Å². The van der Waals surface area contributed by atoms with Gasteiger partial charge in [-0.05, 0) is 6.92 Å². The molecule has 0 radical (unpaired) electrons. The minimum absolute atomic E-state index is 0. The van der Waals surface area contributed by atoms with E-state index in [2.05, 4.69) is 5.32 Å². The van der Waals surface area contributed by atoms with Crippen LogP contribution in [0.2, 0.25) is 0 Å². The normalized spacial score (nSPS) is 31.9. The average Bonchev–Trinajstić information content (AvgIpc) is 1.95. The van der Waals surface area contributed by atoms with Crippen molar-refractivity contribution in [2.45, 2.75) is 19.3 Å². The summed E-state index contributed by atoms with van der Waals surface area (Å²) in [5, 5.41) is 11.3. The van der Waals surface area contributed by atoms with E-state index in [0.717, 1.165) is 6.92 Å². The Balaban J connectivity index is 0.00000144. The SMILES string of the molecule is CC1(C(=O)O)CNCCC1(F)F.Cl. The number of carbonyl (C=O) groups is 1. The van der Waals surface area contributed by atoms with Gasteiger partial charge in [0.25, 0.3) is 5.92 Å². The molecule has 1 saturated heterocycles. The quantitative estimate of drug-likeness (QED) is 0.690. The molecule has 13 heavy (non-hydrogen) atoms. The van der Waals surface area contributed by atoms with Crippen molar-refractivity contribution >= 4 is 18.4 Å². The van der Waals surface area contributed by atoms with Crippen LogP contribution in [0.3, 0.4) is 0 Å². The molecule has 1 aliphatic heterocycles. The fourth-order valence-corrected chi connectivity index (χ4v) is 1.22. The highest BCUT2D eigenvalue weighted by Gasteiger charge is 2.56. The predicted octanol–water partition coefficient (Wildman–Crippen LogP) is 1.13. The molecule has 1 heterocycles. The summed E-state index contributed by atoms with van der Waals surface area (Å²) < 4.78 is 26.2. The van der Waals surface area contributed by atoms with Gasteiger partial charge in [-0.25, -0.2) is 8.78 Å². The van der Waals surface area contributed by atoms with Crippen LogP contribution in [0.4, 0.5) is 8.78 Å². The first-order valence-electron chi connectivity index (χ1n) is 3.72. The van der Waals surface area contributed by atoms with Crippen LogP contribution >= 0.6 is 12.4 Å². The van der Waals surface area contributed by atoms with Crippen LogP contribution in [0, 0.1) is 5.41 Å². The van der Waals surface area contributed by atoms with E-state index in [0.29, 0.717) is 0 Å². The van der Waals surface area contributed by atoms with E-state index in [1.807, 2.05) is 0 Å². The third-order valence-corrected chi connectivity index (χ3v) is 2.37. The minimum atomic E-state index is -3.11. The number of rotatable bonds is 1. The molecular weight excluding hydrogens is 204 g/mol. The molecule has 0 bridgehead atoms. The van der Waals surface area contributed by atoms with Gasteiger partial charge in [0.05, 0.1) is 0 Å². The van der Waals surface area contributed by atoms with Crippen LogP contribution in [0.5, 0.6) is 0 Å². The average molecular weight is 216 g/mol. The Morgan fingerprint density at radius 2 is 2.08 bits per heavy atom. The van der Waals surface area contributed by atoms with Gasteiger partial charge in [0, 0.05) is 19.5 Å². The largest absolute Gasteiger partial charge is 0.481 e. The van der Waals surface area contributed by atoms with E-state index in [9.17, 15) is 13.6 Å². The number of alkyl halides is 2. The molecule has 0 amide bonds. The van der Waals surface area contributed by atoms with E-state index in [1.165, 1.54) is 0 Å². The highest BCUT2D eigenvalue weighted by atomic mass is 35.5. The number of carboxylic acid groups (broad SMARTS) is 1. The van der Waals surface area contributed by atoms with Gasteiger partial charge in [0.15, 0.2) is 0 Å². The van der Waals surface area contributed by atoms with E-state index in [4.69, 9.17) is 5.11 Å². The zero-order valence-electron chi connectivity index (χ0n) is 7.14. The van der Waals surface area contributed by atoms with Crippen LogP contribution in [0.1, 0.15) is 13.3 Å². The monoisotopic (exact) mass is 215 g/mol. The molecule has 78 valence electrons. The fourth-order valence-electron chi connectivity index (χ4n) is 1.22. The highest BCUT2D eigenvalue weighted by molar-refractivity contribution is 5.85. The maximum atomic E-state index is 13.1. The molecular formula is C7H12ClF2NO2. The molecule has 3 nitrogen and oxygen atoms in total. The highest BCUT2D eigenvalue weighted by Crippen LogP contribution is 2.40. The first-order chi connectivity index (χ1) is 5.40. The lowest BCUT2D eigenvalue weighted by molar-refractivity contribution is -0.181. The Labute approximate surface area is 80.9 Å². The summed E-state index contributed by atoms with van der Waals surface area (Å²) in [5.74, 6) is -4.55. The standard InChI is InChI=1S/C7H11F2NO2.ClH/c1-6(5(11)12)4-10-3-2-7(6,8)9;/h10H,2-4H2,1H3,(H,11,12);1H. The van der Waals surface area contributed by atoms with E-state index >= 15 is 0 Å². The molecule has 2 N–H and O–H groups in total. The molecule has 0 aromatic carbocycles. The first kappa shape index (κ1) is 12.6. The number of halogens is 3. The van der Waals surface area contributed by atoms with Crippen molar-refractivity contribution in [1.82, 2.24) is 5.32 Å². The summed E-state index contributed by atoms with van der Waals surface area (Å²) in [4.78, 5) is 10.6. The number of aliphatic carboxylic acids is 1. The summed E-state index contributed by atoms with van der Waals surface area (Å²) in [6.45, 7) is 1.08. The van der Waals surface area contributed by atoms with Gasteiger partial charge < -0.3 is 10.4 Å². The van der Waals surface area contributed by atoms with Gasteiger partial charge >= 0.3 is 5.97 Å². The van der Waals surface area contributed by atoms with Crippen molar-refractivity contribution in [3.63, 3.8) is 0 Å². The van der Waals surface area contributed by atoms with Crippen molar-refractivity contribution in [3.05, 3.63) is 0 Å². The predicted molar refractivity (Wildman–Crippen MR) is 45.4 cm³/mol. The van der Waals surface area contributed by atoms with E-state index in [1.54, 1.807) is 0 Å². The van der Waals surface area contributed by atoms with Gasteiger partial charge in [-0.3, -0.25) is 4.79 Å². The Morgan fingerprint density at radius 1 is 1.54 bits per heavy atom. The second-order valence-electron chi connectivity index (χ2n) is 3.27. The molecule has 1 aliphatic rings. The Morgan fingerprint density at radius 3 is 2.38 bits per heavy atom. The topological polar surface area (TPSA) is 49.3 Å². The molecule has 0 spiro atoms. The molecule has 0 saturated carbocycles. The summed E-state index contributed by atoms with van der Waals surface area (Å²) in [6, 6.07) is 0. The maximum absolute atomic E-state index is 13.1. The molecule has 0 aromatic rings. The van der Waals surface area contributed by atoms with Gasteiger partial charge in [-0.2, -0.15) is 0 Å². The Kier molecular flexibility index (Phi) is 3.63. The van der Waals surface area contributed by atoms with Gasteiger partial charge in [0.1, 0.15) is 5.41 Å². The molecule has 0 aliphatic carbocycles. The molecule has 1 unspecified atom stereocenters. The van der Waals surface area contributed by atoms with Crippen LogP contribution in [-0.4, -0.2) is 30.1 Å². The zero-order valence-corrected chi connectivity index (χ0v) is 7.96. The smallest absolute Gasteiger partial charge is 0.316 e. The summed E-state index contributed by atoms with van der Waals surface area (Å²) in [5.41, 5.74) is -1.95. The summed E-state index contributed by atoms with van der Waals surface area (Å²) >= 11 is 0. The number of nitrogens with one attached hydrogen (secondary N) is 1. The molecule has 0 aromatic heterocycles. The molecule has 1 atom stereocenters. The van der Waals surface area contributed by atoms with Crippen LogP contribution < -0.4 is 5.32 Å². The van der Waals surface area contributed by atoms with Crippen molar-refractivity contribution in [3.8, 4) is 0 Å². The van der Waals surface area contributed by atoms with Gasteiger partial charge in [-0.15, -0.1) is 12.4 Å². The van der Waals surface area contributed by atoms with E-state index in [-0.39, 0.29) is 25.5 Å². The van der Waals surface area contributed by atoms with Crippen LogP contribution in [-0.2, 0) is 4.79 Å². The number of hydrogen-bond acceptors (Lipinski definition) is 2. The molecule has 1 rings (SSSR count). The lowest BCUT2D eigenvalue weighted by atomic mass is 9.79. The number of piperidine rings is 1. The molecule has 1 fully saturated rings. The van der Waals surface area contributed by atoms with E-state index < -0.39 is 23.7 Å². The third-order valence-electron chi connectivity index (χ3n) is 2.37. The Hall–Kier alpha value is -0.420. The van der Waals surface area contributed by atoms with Crippen molar-refractivity contribution in [2.24, 2.45) is 5.41 Å². The lowest BCUT2D eigenvalue weighted by Crippen LogP contribution is -2.56. The number of hydrogen-bond donors (Lipinski definition) is 2. The van der Waals surface area contributed by atoms with Gasteiger partial charge in [0.2, 0.25) is 0 Å². The zero-order chi connectivity index (χ0) is 9.41. The number of carboxylic acids is 1. The second kappa shape index (κ2) is 3.75. The first-order valence-corrected chi connectivity index (χ1v) is 3.72. The maximum Gasteiger partial charge on any atom is 0.316 e.